The molecule has 0 aromatic heterocycles. The van der Waals surface area contributed by atoms with E-state index in [1.54, 1.807) is 0 Å². The number of aliphatic hydroxyl groups excluding tert-OH is 1. The van der Waals surface area contributed by atoms with E-state index in [2.05, 4.69) is 5.48 Å². The molecule has 0 spiro atoms. The minimum absolute atomic E-state index is 0.0521. The Morgan fingerprint density at radius 2 is 2.67 bits per heavy atom. The van der Waals surface area contributed by atoms with Crippen LogP contribution in [-0.4, -0.2) is 17.8 Å². The Kier molecular flexibility index (Phi) is 2.08. The highest BCUT2D eigenvalue weighted by atomic mass is 16.7. The first kappa shape index (κ1) is 6.58. The lowest BCUT2D eigenvalue weighted by Crippen LogP contribution is -2.15. The number of rotatable bonds is 2. The smallest absolute Gasteiger partial charge is 0.128 e. The molecule has 1 rings (SSSR count). The first-order valence-electron chi connectivity index (χ1n) is 3.10. The van der Waals surface area contributed by atoms with E-state index in [1.165, 1.54) is 0 Å². The zero-order valence-corrected chi connectivity index (χ0v) is 5.42. The third-order valence-electron chi connectivity index (χ3n) is 1.29. The summed E-state index contributed by atoms with van der Waals surface area (Å²) in [5, 5.41) is 8.57. The first-order valence-corrected chi connectivity index (χ1v) is 3.10. The van der Waals surface area contributed by atoms with Crippen LogP contribution in [0.4, 0.5) is 0 Å². The van der Waals surface area contributed by atoms with Crippen molar-refractivity contribution in [3.8, 4) is 0 Å². The topological polar surface area (TPSA) is 41.5 Å². The van der Waals surface area contributed by atoms with Crippen LogP contribution in [0.5, 0.6) is 0 Å². The van der Waals surface area contributed by atoms with Crippen molar-refractivity contribution < 1.29 is 9.94 Å². The van der Waals surface area contributed by atoms with Crippen LogP contribution in [-0.2, 0) is 4.84 Å². The van der Waals surface area contributed by atoms with Crippen LogP contribution in [0.3, 0.4) is 0 Å². The van der Waals surface area contributed by atoms with Gasteiger partial charge in [0.1, 0.15) is 6.10 Å². The van der Waals surface area contributed by atoms with Crippen molar-refractivity contribution in [2.45, 2.75) is 19.4 Å². The third-order valence-corrected chi connectivity index (χ3v) is 1.29. The van der Waals surface area contributed by atoms with Crippen molar-refractivity contribution in [1.29, 1.82) is 0 Å². The van der Waals surface area contributed by atoms with Crippen LogP contribution in [0.1, 0.15) is 13.3 Å². The predicted octanol–water partition coefficient (Wildman–Crippen LogP) is 0.176. The number of hydroxylamine groups is 1. The van der Waals surface area contributed by atoms with Gasteiger partial charge in [0.15, 0.2) is 0 Å². The Bertz CT molecular complexity index is 122. The molecule has 0 amide bonds. The van der Waals surface area contributed by atoms with Gasteiger partial charge in [-0.25, -0.2) is 0 Å². The molecule has 52 valence electrons. The minimum Gasteiger partial charge on any atom is -0.393 e. The highest BCUT2D eigenvalue weighted by molar-refractivity contribution is 5.04. The maximum Gasteiger partial charge on any atom is 0.128 e. The minimum atomic E-state index is -0.139. The van der Waals surface area contributed by atoms with Crippen LogP contribution in [0, 0.1) is 0 Å². The summed E-state index contributed by atoms with van der Waals surface area (Å²) >= 11 is 0. The van der Waals surface area contributed by atoms with E-state index in [0.29, 0.717) is 0 Å². The zero-order chi connectivity index (χ0) is 6.69. The van der Waals surface area contributed by atoms with Gasteiger partial charge in [0.2, 0.25) is 0 Å². The molecular weight excluding hydrogens is 118 g/mol. The number of nitrogens with one attached hydrogen (secondary N) is 1. The van der Waals surface area contributed by atoms with Gasteiger partial charge in [0, 0.05) is 5.70 Å². The quantitative estimate of drug-likeness (QED) is 0.558. The molecule has 1 aliphatic rings. The Labute approximate surface area is 54.3 Å². The lowest BCUT2D eigenvalue weighted by molar-refractivity contribution is 0.00992. The summed E-state index contributed by atoms with van der Waals surface area (Å²) in [6, 6.07) is 0. The molecule has 0 aromatic rings. The van der Waals surface area contributed by atoms with Gasteiger partial charge < -0.3 is 5.11 Å². The lowest BCUT2D eigenvalue weighted by Gasteiger charge is -2.00. The maximum atomic E-state index is 8.57. The van der Waals surface area contributed by atoms with Gasteiger partial charge in [0.25, 0.3) is 0 Å². The summed E-state index contributed by atoms with van der Waals surface area (Å²) in [5.41, 5.74) is 3.76. The van der Waals surface area contributed by atoms with Crippen LogP contribution < -0.4 is 5.48 Å². The number of hydrogen-bond acceptors (Lipinski definition) is 3. The average Bonchev–Trinajstić information content (AvgIpc) is 2.34. The summed E-state index contributed by atoms with van der Waals surface area (Å²) in [6.45, 7) is 2.08. The second-order valence-electron chi connectivity index (χ2n) is 1.99. The van der Waals surface area contributed by atoms with Crippen LogP contribution in [0.2, 0.25) is 0 Å². The molecule has 0 saturated carbocycles. The molecular formula is C6H11NO2. The molecule has 0 fully saturated rings. The fraction of sp³-hybridized carbons (Fsp3) is 0.667. The van der Waals surface area contributed by atoms with Crippen LogP contribution in [0.15, 0.2) is 11.8 Å². The molecule has 1 atom stereocenters. The molecule has 3 nitrogen and oxygen atoms in total. The number of hydrogen-bond donors (Lipinski definition) is 2. The summed E-state index contributed by atoms with van der Waals surface area (Å²) in [7, 11) is 0. The van der Waals surface area contributed by atoms with Crippen LogP contribution >= 0.6 is 0 Å². The van der Waals surface area contributed by atoms with Crippen molar-refractivity contribution >= 4 is 0 Å². The van der Waals surface area contributed by atoms with Gasteiger partial charge in [0.05, 0.1) is 6.61 Å². The summed E-state index contributed by atoms with van der Waals surface area (Å²) in [6.07, 6.45) is 2.68. The number of aliphatic hydroxyl groups is 1. The van der Waals surface area contributed by atoms with Crippen LogP contribution in [0.25, 0.3) is 0 Å². The maximum absolute atomic E-state index is 8.57. The molecule has 0 aromatic carbocycles. The SMILES string of the molecule is CCC1=CC(CO)ON1. The Balaban J connectivity index is 2.40. The normalized spacial score (nSPS) is 25.6. The van der Waals surface area contributed by atoms with Crippen molar-refractivity contribution in [1.82, 2.24) is 5.48 Å². The molecule has 0 radical (unpaired) electrons. The lowest BCUT2D eigenvalue weighted by atomic mass is 10.3. The fourth-order valence-corrected chi connectivity index (χ4v) is 0.724. The molecule has 1 heterocycles. The molecule has 0 aliphatic carbocycles. The zero-order valence-electron chi connectivity index (χ0n) is 5.42. The fourth-order valence-electron chi connectivity index (χ4n) is 0.724. The Hall–Kier alpha value is -0.540. The molecule has 9 heavy (non-hydrogen) atoms. The van der Waals surface area contributed by atoms with E-state index in [1.807, 2.05) is 13.0 Å². The van der Waals surface area contributed by atoms with Gasteiger partial charge in [-0.15, -0.1) is 0 Å². The largest absolute Gasteiger partial charge is 0.393 e. The molecule has 0 saturated heterocycles. The third kappa shape index (κ3) is 1.43. The monoisotopic (exact) mass is 129 g/mol. The van der Waals surface area contributed by atoms with E-state index in [9.17, 15) is 0 Å². The second-order valence-corrected chi connectivity index (χ2v) is 1.99. The van der Waals surface area contributed by atoms with Gasteiger partial charge in [-0.1, -0.05) is 6.92 Å². The Morgan fingerprint density at radius 1 is 1.89 bits per heavy atom. The second kappa shape index (κ2) is 2.85. The molecule has 0 bridgehead atoms. The van der Waals surface area contributed by atoms with E-state index in [4.69, 9.17) is 9.94 Å². The van der Waals surface area contributed by atoms with E-state index in [0.717, 1.165) is 12.1 Å². The highest BCUT2D eigenvalue weighted by Crippen LogP contribution is 2.07. The predicted molar refractivity (Wildman–Crippen MR) is 33.5 cm³/mol. The van der Waals surface area contributed by atoms with Gasteiger partial charge >= 0.3 is 0 Å². The summed E-state index contributed by atoms with van der Waals surface area (Å²) in [5.74, 6) is 0. The van der Waals surface area contributed by atoms with E-state index < -0.39 is 0 Å². The van der Waals surface area contributed by atoms with Crippen molar-refractivity contribution in [3.63, 3.8) is 0 Å². The van der Waals surface area contributed by atoms with Gasteiger partial charge in [-0.2, -0.15) is 0 Å². The first-order chi connectivity index (χ1) is 4.36. The summed E-state index contributed by atoms with van der Waals surface area (Å²) in [4.78, 5) is 4.91. The average molecular weight is 129 g/mol. The molecule has 1 unspecified atom stereocenters. The number of allylic oxidation sites excluding steroid dienone is 1. The standard InChI is InChI=1S/C6H11NO2/c1-2-5-3-6(4-8)9-7-5/h3,6-8H,2,4H2,1H3. The highest BCUT2D eigenvalue weighted by Gasteiger charge is 2.12. The molecule has 3 heteroatoms. The van der Waals surface area contributed by atoms with Crippen molar-refractivity contribution in [2.24, 2.45) is 0 Å². The molecule has 2 N–H and O–H groups in total. The summed E-state index contributed by atoms with van der Waals surface area (Å²) < 4.78 is 0. The van der Waals surface area contributed by atoms with E-state index in [-0.39, 0.29) is 12.7 Å². The van der Waals surface area contributed by atoms with Gasteiger partial charge in [-0.3, -0.25) is 10.3 Å². The van der Waals surface area contributed by atoms with Crippen molar-refractivity contribution in [3.05, 3.63) is 11.8 Å². The van der Waals surface area contributed by atoms with Gasteiger partial charge in [-0.05, 0) is 12.5 Å². The molecule has 1 aliphatic heterocycles. The van der Waals surface area contributed by atoms with Crippen molar-refractivity contribution in [2.75, 3.05) is 6.61 Å². The Morgan fingerprint density at radius 3 is 3.00 bits per heavy atom. The van der Waals surface area contributed by atoms with E-state index >= 15 is 0 Å².